The van der Waals surface area contributed by atoms with E-state index in [4.69, 9.17) is 9.47 Å². The number of ether oxygens (including phenoxy) is 2. The number of hydrogen-bond acceptors (Lipinski definition) is 7. The minimum Gasteiger partial charge on any atom is -0.496 e. The molecule has 6 rings (SSSR count). The number of alkyl halides is 1. The van der Waals surface area contributed by atoms with E-state index in [-0.39, 0.29) is 42.5 Å². The van der Waals surface area contributed by atoms with Crippen molar-refractivity contribution in [1.29, 1.82) is 0 Å². The molecule has 0 N–H and O–H groups in total. The number of fused-ring (bicyclic) bond motifs is 1. The van der Waals surface area contributed by atoms with Crippen LogP contribution < -0.4 is 15.0 Å². The van der Waals surface area contributed by atoms with E-state index >= 15 is 4.39 Å². The molecule has 2 aliphatic heterocycles. The fourth-order valence-corrected chi connectivity index (χ4v) is 6.45. The number of halogens is 1. The summed E-state index contributed by atoms with van der Waals surface area (Å²) in [4.78, 5) is 52.8. The number of nitrogens with zero attached hydrogens (tertiary/aromatic N) is 3. The average molecular weight is 612 g/mol. The van der Waals surface area contributed by atoms with E-state index in [9.17, 15) is 19.2 Å². The molecule has 0 spiro atoms. The molecule has 0 bridgehead atoms. The molecule has 1 unspecified atom stereocenters. The third-order valence-corrected chi connectivity index (χ3v) is 8.82. The van der Waals surface area contributed by atoms with Crippen LogP contribution in [0.15, 0.2) is 47.4 Å². The van der Waals surface area contributed by atoms with Gasteiger partial charge in [-0.3, -0.25) is 24.1 Å². The van der Waals surface area contributed by atoms with Gasteiger partial charge in [-0.25, -0.2) is 4.39 Å². The lowest BCUT2D eigenvalue weighted by Crippen LogP contribution is -2.57. The lowest BCUT2D eigenvalue weighted by molar-refractivity contribution is -0.133. The molecule has 2 fully saturated rings. The van der Waals surface area contributed by atoms with Gasteiger partial charge in [0, 0.05) is 62.5 Å². The number of carbonyl (C=O) groups excluding carboxylic acids is 3. The van der Waals surface area contributed by atoms with E-state index in [0.29, 0.717) is 54.1 Å². The molecular weight excluding hydrogens is 577 g/mol. The SMILES string of the molecule is COc1cc(-c2cc(C)c(=O)n(C)c2)cc(OC)c1CN1CC(F)(C#Cc2ccc3c(c2)C(=O)N(C2CCC(=O)CC2=O)C3)C1. The Balaban J connectivity index is 1.14. The summed E-state index contributed by atoms with van der Waals surface area (Å²) in [6, 6.07) is 10.2. The van der Waals surface area contributed by atoms with Crippen LogP contribution >= 0.6 is 0 Å². The number of benzene rings is 2. The first-order valence-corrected chi connectivity index (χ1v) is 14.8. The van der Waals surface area contributed by atoms with E-state index in [0.717, 1.165) is 22.3 Å². The van der Waals surface area contributed by atoms with Gasteiger partial charge in [-0.2, -0.15) is 0 Å². The van der Waals surface area contributed by atoms with Crippen molar-refractivity contribution < 1.29 is 28.2 Å². The third kappa shape index (κ3) is 5.76. The van der Waals surface area contributed by atoms with Gasteiger partial charge in [0.15, 0.2) is 11.5 Å². The maximum Gasteiger partial charge on any atom is 0.255 e. The highest BCUT2D eigenvalue weighted by molar-refractivity contribution is 6.07. The van der Waals surface area contributed by atoms with Gasteiger partial charge in [0.05, 0.1) is 32.2 Å². The highest BCUT2D eigenvalue weighted by atomic mass is 19.1. The van der Waals surface area contributed by atoms with Crippen molar-refractivity contribution in [1.82, 2.24) is 14.4 Å². The lowest BCUT2D eigenvalue weighted by Gasteiger charge is -2.41. The Labute approximate surface area is 260 Å². The number of amides is 1. The summed E-state index contributed by atoms with van der Waals surface area (Å²) in [5.74, 6) is 6.29. The monoisotopic (exact) mass is 611 g/mol. The van der Waals surface area contributed by atoms with Crippen LogP contribution in [0.2, 0.25) is 0 Å². The zero-order chi connectivity index (χ0) is 32.0. The van der Waals surface area contributed by atoms with E-state index in [1.807, 2.05) is 23.1 Å². The number of aromatic nitrogens is 1. The van der Waals surface area contributed by atoms with E-state index in [1.54, 1.807) is 57.2 Å². The number of aryl methyl sites for hydroxylation is 2. The first-order chi connectivity index (χ1) is 21.5. The lowest BCUT2D eigenvalue weighted by atomic mass is 9.92. The number of pyridine rings is 1. The highest BCUT2D eigenvalue weighted by Gasteiger charge is 2.43. The van der Waals surface area contributed by atoms with Crippen molar-refractivity contribution in [2.45, 2.75) is 51.0 Å². The van der Waals surface area contributed by atoms with Crippen LogP contribution in [0.4, 0.5) is 4.39 Å². The largest absolute Gasteiger partial charge is 0.496 e. The molecule has 9 nitrogen and oxygen atoms in total. The zero-order valence-electron chi connectivity index (χ0n) is 25.7. The van der Waals surface area contributed by atoms with Crippen molar-refractivity contribution in [3.63, 3.8) is 0 Å². The Kier molecular flexibility index (Phi) is 7.83. The Morgan fingerprint density at radius 2 is 1.71 bits per heavy atom. The summed E-state index contributed by atoms with van der Waals surface area (Å²) in [6.45, 7) is 2.66. The van der Waals surface area contributed by atoms with Crippen molar-refractivity contribution >= 4 is 17.5 Å². The minimum absolute atomic E-state index is 0.0618. The van der Waals surface area contributed by atoms with Crippen LogP contribution in [0.3, 0.4) is 0 Å². The molecule has 1 atom stereocenters. The fourth-order valence-electron chi connectivity index (χ4n) is 6.45. The average Bonchev–Trinajstić information content (AvgIpc) is 3.32. The predicted octanol–water partition coefficient (Wildman–Crippen LogP) is 3.60. The van der Waals surface area contributed by atoms with Crippen LogP contribution in [0.1, 0.15) is 51.9 Å². The van der Waals surface area contributed by atoms with Gasteiger partial charge in [0.25, 0.3) is 11.5 Å². The van der Waals surface area contributed by atoms with Crippen molar-refractivity contribution in [2.24, 2.45) is 7.05 Å². The molecule has 3 aliphatic rings. The standard InChI is InChI=1S/C35H34FN3O6/c1-21-11-25(16-37(2)33(21)42)24-13-31(44-3)28(32(14-24)45-4)18-38-19-35(36,20-38)10-9-22-5-6-23-17-39(34(43)27(23)12-22)29-8-7-26(40)15-30(29)41/h5-6,11-14,16,29H,7-8,15,17-20H2,1-4H3. The zero-order valence-corrected chi connectivity index (χ0v) is 25.7. The summed E-state index contributed by atoms with van der Waals surface area (Å²) in [5.41, 5.74) is 3.08. The quantitative estimate of drug-likeness (QED) is 0.310. The normalized spacial score (nSPS) is 19.1. The number of methoxy groups -OCH3 is 2. The van der Waals surface area contributed by atoms with Crippen LogP contribution in [0, 0.1) is 18.8 Å². The van der Waals surface area contributed by atoms with Gasteiger partial charge < -0.3 is 18.9 Å². The first kappa shape index (κ1) is 30.3. The second kappa shape index (κ2) is 11.6. The molecule has 1 saturated carbocycles. The molecule has 1 amide bonds. The Morgan fingerprint density at radius 1 is 1.00 bits per heavy atom. The van der Waals surface area contributed by atoms with E-state index in [2.05, 4.69) is 11.8 Å². The molecule has 10 heteroatoms. The highest BCUT2D eigenvalue weighted by Crippen LogP contribution is 2.38. The van der Waals surface area contributed by atoms with Crippen LogP contribution in [0.25, 0.3) is 11.1 Å². The first-order valence-electron chi connectivity index (χ1n) is 14.8. The summed E-state index contributed by atoms with van der Waals surface area (Å²) >= 11 is 0. The van der Waals surface area contributed by atoms with E-state index in [1.165, 1.54) is 4.90 Å². The summed E-state index contributed by atoms with van der Waals surface area (Å²) in [7, 11) is 4.86. The third-order valence-electron chi connectivity index (χ3n) is 8.82. The number of likely N-dealkylation sites (tertiary alicyclic amines) is 1. The van der Waals surface area contributed by atoms with Crippen molar-refractivity contribution in [3.05, 3.63) is 80.8 Å². The van der Waals surface area contributed by atoms with E-state index < -0.39 is 11.7 Å². The smallest absolute Gasteiger partial charge is 0.255 e. The maximum atomic E-state index is 15.6. The molecule has 0 radical (unpaired) electrons. The van der Waals surface area contributed by atoms with Gasteiger partial charge in [0.2, 0.25) is 0 Å². The number of carbonyl (C=O) groups is 3. The summed E-state index contributed by atoms with van der Waals surface area (Å²) < 4.78 is 28.5. The van der Waals surface area contributed by atoms with Crippen LogP contribution in [-0.2, 0) is 29.7 Å². The van der Waals surface area contributed by atoms with Crippen LogP contribution in [0.5, 0.6) is 11.5 Å². The van der Waals surface area contributed by atoms with Crippen molar-refractivity contribution in [2.75, 3.05) is 27.3 Å². The maximum absolute atomic E-state index is 15.6. The number of Topliss-reactive ketones (excluding diaryl/α,β-unsaturated/α-hetero) is 2. The van der Waals surface area contributed by atoms with Gasteiger partial charge in [-0.1, -0.05) is 17.9 Å². The Bertz CT molecular complexity index is 1810. The molecule has 232 valence electrons. The number of ketones is 2. The molecule has 3 heterocycles. The summed E-state index contributed by atoms with van der Waals surface area (Å²) in [5, 5.41) is 0. The van der Waals surface area contributed by atoms with Gasteiger partial charge in [0.1, 0.15) is 17.3 Å². The second-order valence-electron chi connectivity index (χ2n) is 12.1. The Morgan fingerprint density at radius 3 is 2.36 bits per heavy atom. The number of hydrogen-bond donors (Lipinski definition) is 0. The van der Waals surface area contributed by atoms with Gasteiger partial charge in [-0.05, 0) is 60.4 Å². The Hall–Kier alpha value is -4.75. The topological polar surface area (TPSA) is 98.2 Å². The molecule has 45 heavy (non-hydrogen) atoms. The molecule has 3 aromatic rings. The molecule has 2 aromatic carbocycles. The summed E-state index contributed by atoms with van der Waals surface area (Å²) in [6.07, 6.45) is 2.28. The molecule has 1 saturated heterocycles. The second-order valence-corrected chi connectivity index (χ2v) is 12.1. The fraction of sp³-hybridized carbons (Fsp3) is 0.371. The van der Waals surface area contributed by atoms with Gasteiger partial charge >= 0.3 is 0 Å². The predicted molar refractivity (Wildman–Crippen MR) is 165 cm³/mol. The van der Waals surface area contributed by atoms with Crippen LogP contribution in [-0.4, -0.2) is 70.9 Å². The molecule has 1 aromatic heterocycles. The minimum atomic E-state index is -1.72. The molecule has 1 aliphatic carbocycles. The number of rotatable bonds is 6. The van der Waals surface area contributed by atoms with Crippen molar-refractivity contribution in [3.8, 4) is 34.5 Å². The molecular formula is C35H34FN3O6. The van der Waals surface area contributed by atoms with Gasteiger partial charge in [-0.15, -0.1) is 0 Å².